The first-order valence-corrected chi connectivity index (χ1v) is 6.99. The van der Waals surface area contributed by atoms with Crippen LogP contribution in [0.5, 0.6) is 0 Å². The quantitative estimate of drug-likeness (QED) is 0.835. The Morgan fingerprint density at radius 1 is 1.47 bits per heavy atom. The molecule has 1 aromatic carbocycles. The topological polar surface area (TPSA) is 58.4 Å². The van der Waals surface area contributed by atoms with E-state index in [1.54, 1.807) is 0 Å². The zero-order chi connectivity index (χ0) is 13.7. The maximum Gasteiger partial charge on any atom is 0.237 e. The molecule has 1 aliphatic rings. The summed E-state index contributed by atoms with van der Waals surface area (Å²) in [5, 5.41) is 2.98. The van der Waals surface area contributed by atoms with Crippen LogP contribution in [0, 0.1) is 0 Å². The molecule has 2 rings (SSSR count). The number of nitrogens with two attached hydrogens (primary N) is 1. The van der Waals surface area contributed by atoms with Gasteiger partial charge in [0.1, 0.15) is 0 Å². The SMILES string of the molecule is C[C@@H](CN)NC(=O)C1CCCN1Cc1ccccc1. The first kappa shape index (κ1) is 14.0. The average Bonchev–Trinajstić information content (AvgIpc) is 2.88. The molecule has 1 saturated heterocycles. The molecule has 1 fully saturated rings. The van der Waals surface area contributed by atoms with E-state index in [0.717, 1.165) is 25.9 Å². The second-order valence-electron chi connectivity index (χ2n) is 5.26. The minimum Gasteiger partial charge on any atom is -0.351 e. The molecule has 4 nitrogen and oxygen atoms in total. The second-order valence-corrected chi connectivity index (χ2v) is 5.26. The minimum absolute atomic E-state index is 0.00536. The lowest BCUT2D eigenvalue weighted by Gasteiger charge is -2.25. The standard InChI is InChI=1S/C15H23N3O/c1-12(10-16)17-15(19)14-8-5-9-18(14)11-13-6-3-2-4-7-13/h2-4,6-7,12,14H,5,8-11,16H2,1H3,(H,17,19)/t12-,14?/m0/s1. The molecule has 1 amide bonds. The molecule has 104 valence electrons. The molecule has 0 aliphatic carbocycles. The van der Waals surface area contributed by atoms with Crippen molar-refractivity contribution in [2.75, 3.05) is 13.1 Å². The Labute approximate surface area is 115 Å². The maximum atomic E-state index is 12.2. The molecule has 0 saturated carbocycles. The Hall–Kier alpha value is -1.39. The van der Waals surface area contributed by atoms with Crippen molar-refractivity contribution in [2.45, 2.75) is 38.4 Å². The van der Waals surface area contributed by atoms with Gasteiger partial charge >= 0.3 is 0 Å². The average molecular weight is 261 g/mol. The Balaban J connectivity index is 1.95. The van der Waals surface area contributed by atoms with Gasteiger partial charge in [0.15, 0.2) is 0 Å². The normalized spacial score (nSPS) is 21.3. The number of hydrogen-bond acceptors (Lipinski definition) is 3. The van der Waals surface area contributed by atoms with Crippen molar-refractivity contribution in [3.63, 3.8) is 0 Å². The molecule has 2 atom stereocenters. The fourth-order valence-electron chi connectivity index (χ4n) is 2.53. The number of amides is 1. The number of hydrogen-bond donors (Lipinski definition) is 2. The van der Waals surface area contributed by atoms with Gasteiger partial charge in [-0.05, 0) is 31.9 Å². The predicted octanol–water partition coefficient (Wildman–Crippen LogP) is 1.11. The van der Waals surface area contributed by atoms with E-state index in [-0.39, 0.29) is 18.0 Å². The van der Waals surface area contributed by atoms with Crippen molar-refractivity contribution >= 4 is 5.91 Å². The van der Waals surface area contributed by atoms with E-state index < -0.39 is 0 Å². The van der Waals surface area contributed by atoms with Gasteiger partial charge < -0.3 is 11.1 Å². The summed E-state index contributed by atoms with van der Waals surface area (Å²) < 4.78 is 0. The smallest absolute Gasteiger partial charge is 0.237 e. The molecule has 1 aromatic rings. The van der Waals surface area contributed by atoms with E-state index in [2.05, 4.69) is 22.3 Å². The van der Waals surface area contributed by atoms with Gasteiger partial charge in [-0.3, -0.25) is 9.69 Å². The van der Waals surface area contributed by atoms with E-state index in [4.69, 9.17) is 5.73 Å². The van der Waals surface area contributed by atoms with Crippen molar-refractivity contribution in [3.8, 4) is 0 Å². The third-order valence-corrected chi connectivity index (χ3v) is 3.64. The number of rotatable bonds is 5. The van der Waals surface area contributed by atoms with Crippen molar-refractivity contribution in [2.24, 2.45) is 5.73 Å². The van der Waals surface area contributed by atoms with Gasteiger partial charge in [0.05, 0.1) is 6.04 Å². The number of benzene rings is 1. The number of carbonyl (C=O) groups is 1. The molecular formula is C15H23N3O. The number of nitrogens with one attached hydrogen (secondary N) is 1. The summed E-state index contributed by atoms with van der Waals surface area (Å²) in [7, 11) is 0. The van der Waals surface area contributed by atoms with Crippen LogP contribution in [0.25, 0.3) is 0 Å². The fraction of sp³-hybridized carbons (Fsp3) is 0.533. The van der Waals surface area contributed by atoms with E-state index >= 15 is 0 Å². The Morgan fingerprint density at radius 2 is 2.21 bits per heavy atom. The summed E-state index contributed by atoms with van der Waals surface area (Å²) in [6, 6.07) is 10.3. The molecule has 3 N–H and O–H groups in total. The molecule has 0 aromatic heterocycles. The highest BCUT2D eigenvalue weighted by Gasteiger charge is 2.30. The molecule has 0 spiro atoms. The van der Waals surface area contributed by atoms with Crippen molar-refractivity contribution < 1.29 is 4.79 Å². The summed E-state index contributed by atoms with van der Waals surface area (Å²) in [5.74, 6) is 0.117. The highest BCUT2D eigenvalue weighted by Crippen LogP contribution is 2.20. The number of likely N-dealkylation sites (tertiary alicyclic amines) is 1. The summed E-state index contributed by atoms with van der Waals surface area (Å²) in [6.07, 6.45) is 2.03. The van der Waals surface area contributed by atoms with Crippen LogP contribution in [0.3, 0.4) is 0 Å². The second kappa shape index (κ2) is 6.68. The monoisotopic (exact) mass is 261 g/mol. The van der Waals surface area contributed by atoms with Gasteiger partial charge in [0.25, 0.3) is 0 Å². The van der Waals surface area contributed by atoms with Gasteiger partial charge in [-0.2, -0.15) is 0 Å². The summed E-state index contributed by atoms with van der Waals surface area (Å²) >= 11 is 0. The summed E-state index contributed by atoms with van der Waals surface area (Å²) in [4.78, 5) is 14.5. The van der Waals surface area contributed by atoms with E-state index in [0.29, 0.717) is 6.54 Å². The molecule has 0 radical (unpaired) electrons. The lowest BCUT2D eigenvalue weighted by molar-refractivity contribution is -0.126. The Kier molecular flexibility index (Phi) is 4.93. The van der Waals surface area contributed by atoms with Crippen LogP contribution >= 0.6 is 0 Å². The van der Waals surface area contributed by atoms with Gasteiger partial charge in [-0.15, -0.1) is 0 Å². The van der Waals surface area contributed by atoms with Crippen molar-refractivity contribution in [1.29, 1.82) is 0 Å². The molecule has 1 aliphatic heterocycles. The number of carbonyl (C=O) groups excluding carboxylic acids is 1. The highest BCUT2D eigenvalue weighted by atomic mass is 16.2. The highest BCUT2D eigenvalue weighted by molar-refractivity contribution is 5.82. The third-order valence-electron chi connectivity index (χ3n) is 3.64. The summed E-state index contributed by atoms with van der Waals surface area (Å²) in [6.45, 7) is 4.26. The molecular weight excluding hydrogens is 238 g/mol. The van der Waals surface area contributed by atoms with Gasteiger partial charge in [-0.25, -0.2) is 0 Å². The lowest BCUT2D eigenvalue weighted by Crippen LogP contribution is -2.47. The minimum atomic E-state index is -0.00536. The van der Waals surface area contributed by atoms with Crippen LogP contribution in [-0.4, -0.2) is 36.0 Å². The van der Waals surface area contributed by atoms with Crippen molar-refractivity contribution in [3.05, 3.63) is 35.9 Å². The first-order valence-electron chi connectivity index (χ1n) is 6.99. The zero-order valence-electron chi connectivity index (χ0n) is 11.5. The third kappa shape index (κ3) is 3.78. The van der Waals surface area contributed by atoms with Crippen LogP contribution in [0.2, 0.25) is 0 Å². The molecule has 19 heavy (non-hydrogen) atoms. The molecule has 1 heterocycles. The first-order chi connectivity index (χ1) is 9.20. The summed E-state index contributed by atoms with van der Waals surface area (Å²) in [5.41, 5.74) is 6.81. The molecule has 0 bridgehead atoms. The van der Waals surface area contributed by atoms with E-state index in [1.807, 2.05) is 25.1 Å². The van der Waals surface area contributed by atoms with E-state index in [1.165, 1.54) is 5.56 Å². The Morgan fingerprint density at radius 3 is 2.89 bits per heavy atom. The fourth-order valence-corrected chi connectivity index (χ4v) is 2.53. The van der Waals surface area contributed by atoms with Gasteiger partial charge in [-0.1, -0.05) is 30.3 Å². The van der Waals surface area contributed by atoms with Crippen LogP contribution < -0.4 is 11.1 Å². The van der Waals surface area contributed by atoms with Crippen LogP contribution in [-0.2, 0) is 11.3 Å². The van der Waals surface area contributed by atoms with E-state index in [9.17, 15) is 4.79 Å². The van der Waals surface area contributed by atoms with Crippen molar-refractivity contribution in [1.82, 2.24) is 10.2 Å². The number of nitrogens with zero attached hydrogens (tertiary/aromatic N) is 1. The molecule has 4 heteroatoms. The maximum absolute atomic E-state index is 12.2. The lowest BCUT2D eigenvalue weighted by atomic mass is 10.1. The zero-order valence-corrected chi connectivity index (χ0v) is 11.5. The largest absolute Gasteiger partial charge is 0.351 e. The van der Waals surface area contributed by atoms with Crippen LogP contribution in [0.4, 0.5) is 0 Å². The predicted molar refractivity (Wildman–Crippen MR) is 76.5 cm³/mol. The Bertz CT molecular complexity index is 407. The molecule has 1 unspecified atom stereocenters. The van der Waals surface area contributed by atoms with Gasteiger partial charge in [0, 0.05) is 19.1 Å². The van der Waals surface area contributed by atoms with Gasteiger partial charge in [0.2, 0.25) is 5.91 Å². The van der Waals surface area contributed by atoms with Crippen LogP contribution in [0.1, 0.15) is 25.3 Å². The van der Waals surface area contributed by atoms with Crippen LogP contribution in [0.15, 0.2) is 30.3 Å².